The summed E-state index contributed by atoms with van der Waals surface area (Å²) in [6.45, 7) is 4.95. The Morgan fingerprint density at radius 1 is 1.53 bits per heavy atom. The lowest BCUT2D eigenvalue weighted by molar-refractivity contribution is -0.390. The molecular weight excluding hydrogens is 246 g/mol. The van der Waals surface area contributed by atoms with Crippen LogP contribution in [0, 0.1) is 17.0 Å². The highest BCUT2D eigenvalue weighted by Crippen LogP contribution is 2.15. The van der Waals surface area contributed by atoms with E-state index in [1.54, 1.807) is 24.0 Å². The number of pyridine rings is 1. The van der Waals surface area contributed by atoms with Crippen molar-refractivity contribution in [3.05, 3.63) is 45.8 Å². The standard InChI is InChI=1S/C12H15N5O2/c1-3-13-11-6-10(4-5-14-11)8-16-7-9(2)12(15-16)17(18)19/h4-7H,3,8H2,1-2H3,(H,13,14). The van der Waals surface area contributed by atoms with Crippen molar-refractivity contribution in [3.63, 3.8) is 0 Å². The van der Waals surface area contributed by atoms with Crippen molar-refractivity contribution in [2.24, 2.45) is 0 Å². The molecule has 19 heavy (non-hydrogen) atoms. The van der Waals surface area contributed by atoms with E-state index >= 15 is 0 Å². The van der Waals surface area contributed by atoms with Gasteiger partial charge in [0, 0.05) is 12.7 Å². The van der Waals surface area contributed by atoms with Crippen molar-refractivity contribution in [2.45, 2.75) is 20.4 Å². The first-order valence-corrected chi connectivity index (χ1v) is 5.97. The van der Waals surface area contributed by atoms with Crippen molar-refractivity contribution < 1.29 is 4.92 Å². The zero-order chi connectivity index (χ0) is 13.8. The zero-order valence-corrected chi connectivity index (χ0v) is 10.8. The fourth-order valence-corrected chi connectivity index (χ4v) is 1.81. The summed E-state index contributed by atoms with van der Waals surface area (Å²) in [4.78, 5) is 14.4. The van der Waals surface area contributed by atoms with Crippen LogP contribution in [0.2, 0.25) is 0 Å². The van der Waals surface area contributed by atoms with Crippen molar-refractivity contribution >= 4 is 11.6 Å². The molecule has 7 heteroatoms. The van der Waals surface area contributed by atoms with Crippen LogP contribution in [-0.4, -0.2) is 26.2 Å². The van der Waals surface area contributed by atoms with Crippen LogP contribution < -0.4 is 5.32 Å². The van der Waals surface area contributed by atoms with E-state index in [1.165, 1.54) is 0 Å². The maximum atomic E-state index is 10.7. The van der Waals surface area contributed by atoms with E-state index in [-0.39, 0.29) is 5.82 Å². The number of nitro groups is 1. The molecule has 2 aromatic rings. The Bertz CT molecular complexity index is 594. The molecule has 100 valence electrons. The Morgan fingerprint density at radius 3 is 2.95 bits per heavy atom. The van der Waals surface area contributed by atoms with Crippen LogP contribution in [0.3, 0.4) is 0 Å². The normalized spacial score (nSPS) is 10.4. The quantitative estimate of drug-likeness (QED) is 0.657. The lowest BCUT2D eigenvalue weighted by atomic mass is 10.2. The number of aromatic nitrogens is 3. The van der Waals surface area contributed by atoms with E-state index in [0.717, 1.165) is 17.9 Å². The van der Waals surface area contributed by atoms with Gasteiger partial charge < -0.3 is 15.4 Å². The summed E-state index contributed by atoms with van der Waals surface area (Å²) < 4.78 is 1.57. The number of anilines is 1. The summed E-state index contributed by atoms with van der Waals surface area (Å²) in [5.74, 6) is 0.694. The SMILES string of the molecule is CCNc1cc(Cn2cc(C)c([N+](=O)[O-])n2)ccn1. The molecule has 0 aliphatic heterocycles. The van der Waals surface area contributed by atoms with Crippen molar-refractivity contribution in [3.8, 4) is 0 Å². The van der Waals surface area contributed by atoms with Crippen LogP contribution in [0.15, 0.2) is 24.5 Å². The number of rotatable bonds is 5. The highest BCUT2D eigenvalue weighted by atomic mass is 16.6. The monoisotopic (exact) mass is 261 g/mol. The van der Waals surface area contributed by atoms with Gasteiger partial charge in [0.05, 0.1) is 23.4 Å². The van der Waals surface area contributed by atoms with Crippen LogP contribution in [0.1, 0.15) is 18.1 Å². The minimum atomic E-state index is -0.470. The van der Waals surface area contributed by atoms with Gasteiger partial charge in [0.2, 0.25) is 0 Å². The molecule has 7 nitrogen and oxygen atoms in total. The number of aryl methyl sites for hydroxylation is 1. The second-order valence-electron chi connectivity index (χ2n) is 4.17. The molecule has 2 aromatic heterocycles. The van der Waals surface area contributed by atoms with Gasteiger partial charge >= 0.3 is 5.82 Å². The minimum absolute atomic E-state index is 0.0963. The number of hydrogen-bond donors (Lipinski definition) is 1. The van der Waals surface area contributed by atoms with Gasteiger partial charge in [-0.25, -0.2) is 4.98 Å². The molecule has 0 atom stereocenters. The first-order chi connectivity index (χ1) is 9.10. The van der Waals surface area contributed by atoms with E-state index in [1.807, 2.05) is 19.1 Å². The fraction of sp³-hybridized carbons (Fsp3) is 0.333. The number of nitrogens with one attached hydrogen (secondary N) is 1. The van der Waals surface area contributed by atoms with Gasteiger partial charge in [-0.1, -0.05) is 0 Å². The first-order valence-electron chi connectivity index (χ1n) is 5.97. The summed E-state index contributed by atoms with van der Waals surface area (Å²) in [5, 5.41) is 17.8. The van der Waals surface area contributed by atoms with Gasteiger partial charge in [0.1, 0.15) is 5.82 Å². The van der Waals surface area contributed by atoms with Gasteiger partial charge in [-0.05, 0) is 36.5 Å². The molecular formula is C12H15N5O2. The maximum Gasteiger partial charge on any atom is 0.392 e. The van der Waals surface area contributed by atoms with Crippen LogP contribution in [0.4, 0.5) is 11.6 Å². The summed E-state index contributed by atoms with van der Waals surface area (Å²) in [6, 6.07) is 3.77. The average Bonchev–Trinajstić information content (AvgIpc) is 2.71. The Kier molecular flexibility index (Phi) is 3.74. The highest BCUT2D eigenvalue weighted by molar-refractivity contribution is 5.37. The summed E-state index contributed by atoms with van der Waals surface area (Å²) in [5.41, 5.74) is 1.55. The number of hydrogen-bond acceptors (Lipinski definition) is 5. The molecule has 2 heterocycles. The smallest absolute Gasteiger partial charge is 0.370 e. The van der Waals surface area contributed by atoms with Gasteiger partial charge in [-0.2, -0.15) is 4.68 Å². The lowest BCUT2D eigenvalue weighted by Crippen LogP contribution is -2.04. The number of nitrogens with zero attached hydrogens (tertiary/aromatic N) is 4. The summed E-state index contributed by atoms with van der Waals surface area (Å²) >= 11 is 0. The van der Waals surface area contributed by atoms with E-state index in [0.29, 0.717) is 12.1 Å². The maximum absolute atomic E-state index is 10.7. The van der Waals surface area contributed by atoms with Crippen molar-refractivity contribution in [1.82, 2.24) is 14.8 Å². The van der Waals surface area contributed by atoms with Gasteiger partial charge in [-0.3, -0.25) is 0 Å². The second-order valence-corrected chi connectivity index (χ2v) is 4.17. The molecule has 2 rings (SSSR count). The Hall–Kier alpha value is -2.44. The Labute approximate surface area is 110 Å². The zero-order valence-electron chi connectivity index (χ0n) is 10.8. The summed E-state index contributed by atoms with van der Waals surface area (Å²) in [7, 11) is 0. The van der Waals surface area contributed by atoms with E-state index in [9.17, 15) is 10.1 Å². The summed E-state index contributed by atoms with van der Waals surface area (Å²) in [6.07, 6.45) is 3.38. The Morgan fingerprint density at radius 2 is 2.32 bits per heavy atom. The topological polar surface area (TPSA) is 85.9 Å². The van der Waals surface area contributed by atoms with Gasteiger partial charge in [0.15, 0.2) is 0 Å². The predicted molar refractivity (Wildman–Crippen MR) is 71.1 cm³/mol. The van der Waals surface area contributed by atoms with Gasteiger partial charge in [-0.15, -0.1) is 0 Å². The van der Waals surface area contributed by atoms with Crippen LogP contribution in [-0.2, 0) is 6.54 Å². The van der Waals surface area contributed by atoms with Crippen LogP contribution in [0.25, 0.3) is 0 Å². The highest BCUT2D eigenvalue weighted by Gasteiger charge is 2.16. The van der Waals surface area contributed by atoms with Crippen molar-refractivity contribution in [2.75, 3.05) is 11.9 Å². The second kappa shape index (κ2) is 5.47. The average molecular weight is 261 g/mol. The third kappa shape index (κ3) is 3.06. The van der Waals surface area contributed by atoms with E-state index < -0.39 is 4.92 Å². The minimum Gasteiger partial charge on any atom is -0.370 e. The molecule has 0 saturated carbocycles. The van der Waals surface area contributed by atoms with Crippen molar-refractivity contribution in [1.29, 1.82) is 0 Å². The molecule has 0 saturated heterocycles. The molecule has 0 bridgehead atoms. The molecule has 0 aliphatic rings. The lowest BCUT2D eigenvalue weighted by Gasteiger charge is -2.04. The molecule has 0 unspecified atom stereocenters. The molecule has 0 spiro atoms. The fourth-order valence-electron chi connectivity index (χ4n) is 1.81. The van der Waals surface area contributed by atoms with E-state index in [2.05, 4.69) is 15.4 Å². The van der Waals surface area contributed by atoms with Gasteiger partial charge in [0.25, 0.3) is 0 Å². The van der Waals surface area contributed by atoms with E-state index in [4.69, 9.17) is 0 Å². The molecule has 0 aliphatic carbocycles. The Balaban J connectivity index is 2.19. The predicted octanol–water partition coefficient (Wildman–Crippen LogP) is 1.97. The third-order valence-corrected chi connectivity index (χ3v) is 2.62. The molecule has 0 amide bonds. The van der Waals surface area contributed by atoms with Crippen LogP contribution in [0.5, 0.6) is 0 Å². The first kappa shape index (κ1) is 13.0. The molecule has 0 fully saturated rings. The molecule has 0 aromatic carbocycles. The van der Waals surface area contributed by atoms with Crippen LogP contribution >= 0.6 is 0 Å². The molecule has 0 radical (unpaired) electrons. The molecule has 1 N–H and O–H groups in total. The largest absolute Gasteiger partial charge is 0.392 e. The third-order valence-electron chi connectivity index (χ3n) is 2.62.